The normalized spacial score (nSPS) is 11.9. The van der Waals surface area contributed by atoms with E-state index in [1.165, 1.54) is 75.8 Å². The van der Waals surface area contributed by atoms with Gasteiger partial charge in [-0.15, -0.1) is 0 Å². The van der Waals surface area contributed by atoms with E-state index in [9.17, 15) is 0 Å². The lowest BCUT2D eigenvalue weighted by atomic mass is 9.90. The van der Waals surface area contributed by atoms with Crippen molar-refractivity contribution in [1.29, 1.82) is 0 Å². The molecule has 0 aliphatic rings. The van der Waals surface area contributed by atoms with Gasteiger partial charge in [-0.2, -0.15) is 0 Å². The molecule has 66 heavy (non-hydrogen) atoms. The molecule has 0 saturated carbocycles. The van der Waals surface area contributed by atoms with E-state index < -0.39 is 0 Å². The van der Waals surface area contributed by atoms with Crippen LogP contribution in [0.4, 0.5) is 0 Å². The maximum atomic E-state index is 5.52. The molecule has 3 heterocycles. The van der Waals surface area contributed by atoms with Gasteiger partial charge in [-0.3, -0.25) is 0 Å². The smallest absolute Gasteiger partial charge is 0.0972 e. The average molecular weight is 836 g/mol. The summed E-state index contributed by atoms with van der Waals surface area (Å²) < 4.78 is 0. The fraction of sp³-hybridized carbons (Fsp3) is 0. The van der Waals surface area contributed by atoms with Gasteiger partial charge in [0.05, 0.1) is 33.6 Å². The van der Waals surface area contributed by atoms with Gasteiger partial charge >= 0.3 is 0 Å². The minimum Gasteiger partial charge on any atom is -0.246 e. The Balaban J connectivity index is 0.871. The van der Waals surface area contributed by atoms with Crippen LogP contribution in [-0.4, -0.2) is 15.0 Å². The first-order valence-corrected chi connectivity index (χ1v) is 22.6. The summed E-state index contributed by atoms with van der Waals surface area (Å²) in [5, 5.41) is 18.0. The zero-order chi connectivity index (χ0) is 43.3. The van der Waals surface area contributed by atoms with E-state index in [4.69, 9.17) is 15.0 Å². The first-order chi connectivity index (χ1) is 32.7. The van der Waals surface area contributed by atoms with Crippen molar-refractivity contribution in [3.63, 3.8) is 0 Å². The van der Waals surface area contributed by atoms with Crippen LogP contribution in [0.5, 0.6) is 0 Å². The molecule has 0 aliphatic carbocycles. The fourth-order valence-electron chi connectivity index (χ4n) is 10.6. The zero-order valence-electron chi connectivity index (χ0n) is 35.7. The zero-order valence-corrected chi connectivity index (χ0v) is 35.7. The van der Waals surface area contributed by atoms with Crippen LogP contribution in [0.3, 0.4) is 0 Å². The van der Waals surface area contributed by atoms with E-state index in [2.05, 4.69) is 218 Å². The predicted molar refractivity (Wildman–Crippen MR) is 279 cm³/mol. The van der Waals surface area contributed by atoms with Crippen LogP contribution in [-0.2, 0) is 0 Å². The third kappa shape index (κ3) is 5.60. The SMILES string of the molecule is c1ccc(-c2ccc3ccc4ccc(-c5ccc6c7ccc(-c8ccc(-c9nc%10c%11ccccc%11c%11ccccc%11c%10c%10ccccc9%10)cc8)cc7c7ccccc7c6c5)nc4c3n2)cc1. The van der Waals surface area contributed by atoms with Crippen LogP contribution < -0.4 is 0 Å². The summed E-state index contributed by atoms with van der Waals surface area (Å²) in [4.78, 5) is 16.0. The maximum Gasteiger partial charge on any atom is 0.0972 e. The van der Waals surface area contributed by atoms with Gasteiger partial charge in [-0.25, -0.2) is 15.0 Å². The van der Waals surface area contributed by atoms with Gasteiger partial charge in [0.25, 0.3) is 0 Å². The molecule has 11 aromatic carbocycles. The number of nitrogens with zero attached hydrogens (tertiary/aromatic N) is 3. The minimum absolute atomic E-state index is 0.913. The quantitative estimate of drug-likeness (QED) is 0.166. The van der Waals surface area contributed by atoms with Crippen molar-refractivity contribution < 1.29 is 0 Å². The third-order valence-corrected chi connectivity index (χ3v) is 13.8. The molecule has 0 saturated heterocycles. The molecule has 0 aliphatic heterocycles. The Morgan fingerprint density at radius 1 is 0.212 bits per heavy atom. The standard InChI is InChI=1S/C63H37N3/c1-2-12-39(13-3-1)57-34-30-41-26-27-42-31-35-58(65-62(42)61(41)64-57)44-29-33-50-49-32-28-43(36-55(49)47-16-4-5-17-48(47)56(50)37-44)38-22-24-40(25-23-38)60-54-21-11-9-19-52(54)59-51-18-8-6-14-45(51)46-15-7-10-20-53(46)63(59)66-60/h1-37H. The van der Waals surface area contributed by atoms with Crippen LogP contribution >= 0.6 is 0 Å². The van der Waals surface area contributed by atoms with Gasteiger partial charge in [0.1, 0.15) is 0 Å². The lowest BCUT2D eigenvalue weighted by Crippen LogP contribution is -1.93. The van der Waals surface area contributed by atoms with Crippen molar-refractivity contribution in [1.82, 2.24) is 15.0 Å². The highest BCUT2D eigenvalue weighted by Crippen LogP contribution is 2.43. The molecule has 0 N–H and O–H groups in total. The van der Waals surface area contributed by atoms with Gasteiger partial charge in [0, 0.05) is 43.6 Å². The number of benzene rings is 11. The highest BCUT2D eigenvalue weighted by molar-refractivity contribution is 6.31. The second kappa shape index (κ2) is 14.4. The van der Waals surface area contributed by atoms with Crippen LogP contribution in [0, 0.1) is 0 Å². The van der Waals surface area contributed by atoms with Gasteiger partial charge in [-0.1, -0.05) is 200 Å². The maximum absolute atomic E-state index is 5.52. The van der Waals surface area contributed by atoms with E-state index in [1.54, 1.807) is 0 Å². The average Bonchev–Trinajstić information content (AvgIpc) is 3.40. The molecule has 14 rings (SSSR count). The molecule has 3 aromatic heterocycles. The predicted octanol–water partition coefficient (Wildman–Crippen LogP) is 16.9. The van der Waals surface area contributed by atoms with Crippen molar-refractivity contribution >= 4 is 97.3 Å². The topological polar surface area (TPSA) is 38.7 Å². The third-order valence-electron chi connectivity index (χ3n) is 13.8. The Labute approximate surface area is 379 Å². The summed E-state index contributed by atoms with van der Waals surface area (Å²) in [7, 11) is 0. The Kier molecular flexibility index (Phi) is 7.98. The Bertz CT molecular complexity index is 4310. The van der Waals surface area contributed by atoms with Crippen LogP contribution in [0.15, 0.2) is 224 Å². The Morgan fingerprint density at radius 2 is 0.621 bits per heavy atom. The van der Waals surface area contributed by atoms with Crippen LogP contribution in [0.1, 0.15) is 0 Å². The minimum atomic E-state index is 0.913. The van der Waals surface area contributed by atoms with Gasteiger partial charge in [-0.05, 0) is 89.3 Å². The van der Waals surface area contributed by atoms with E-state index in [0.29, 0.717) is 0 Å². The molecule has 0 spiro atoms. The number of pyridine rings is 3. The lowest BCUT2D eigenvalue weighted by molar-refractivity contribution is 1.37. The monoisotopic (exact) mass is 835 g/mol. The van der Waals surface area contributed by atoms with Crippen molar-refractivity contribution in [3.8, 4) is 44.9 Å². The number of hydrogen-bond acceptors (Lipinski definition) is 3. The number of rotatable bonds is 4. The molecule has 0 unspecified atom stereocenters. The van der Waals surface area contributed by atoms with Crippen molar-refractivity contribution in [2.45, 2.75) is 0 Å². The van der Waals surface area contributed by atoms with E-state index in [-0.39, 0.29) is 0 Å². The summed E-state index contributed by atoms with van der Waals surface area (Å²) in [6.07, 6.45) is 0. The molecule has 3 nitrogen and oxygen atoms in total. The summed E-state index contributed by atoms with van der Waals surface area (Å²) in [5.41, 5.74) is 11.4. The molecule has 14 aromatic rings. The molecular formula is C63H37N3. The fourth-order valence-corrected chi connectivity index (χ4v) is 10.6. The van der Waals surface area contributed by atoms with Crippen molar-refractivity contribution in [2.24, 2.45) is 0 Å². The molecular weight excluding hydrogens is 799 g/mol. The molecule has 0 radical (unpaired) electrons. The molecule has 304 valence electrons. The molecule has 3 heteroatoms. The van der Waals surface area contributed by atoms with Gasteiger partial charge < -0.3 is 0 Å². The van der Waals surface area contributed by atoms with E-state index >= 15 is 0 Å². The number of aromatic nitrogens is 3. The van der Waals surface area contributed by atoms with Gasteiger partial charge in [0.2, 0.25) is 0 Å². The summed E-state index contributed by atoms with van der Waals surface area (Å²) in [5.74, 6) is 0. The number of hydrogen-bond donors (Lipinski definition) is 0. The highest BCUT2D eigenvalue weighted by Gasteiger charge is 2.18. The Hall–Kier alpha value is -8.79. The Morgan fingerprint density at radius 3 is 1.24 bits per heavy atom. The summed E-state index contributed by atoms with van der Waals surface area (Å²) in [6.45, 7) is 0. The first kappa shape index (κ1) is 36.7. The van der Waals surface area contributed by atoms with Crippen molar-refractivity contribution in [3.05, 3.63) is 224 Å². The van der Waals surface area contributed by atoms with E-state index in [0.717, 1.165) is 66.5 Å². The first-order valence-electron chi connectivity index (χ1n) is 22.6. The second-order valence-corrected chi connectivity index (χ2v) is 17.4. The summed E-state index contributed by atoms with van der Waals surface area (Å²) >= 11 is 0. The highest BCUT2D eigenvalue weighted by atomic mass is 14.8. The molecule has 0 fully saturated rings. The van der Waals surface area contributed by atoms with E-state index in [1.807, 2.05) is 6.07 Å². The molecule has 0 bridgehead atoms. The van der Waals surface area contributed by atoms with Gasteiger partial charge in [0.15, 0.2) is 0 Å². The van der Waals surface area contributed by atoms with Crippen LogP contribution in [0.25, 0.3) is 142 Å². The second-order valence-electron chi connectivity index (χ2n) is 17.4. The number of fused-ring (bicyclic) bond motifs is 17. The summed E-state index contributed by atoms with van der Waals surface area (Å²) in [6, 6.07) is 81.0. The largest absolute Gasteiger partial charge is 0.246 e. The molecule has 0 amide bonds. The van der Waals surface area contributed by atoms with Crippen LogP contribution in [0.2, 0.25) is 0 Å². The lowest BCUT2D eigenvalue weighted by Gasteiger charge is -2.15. The molecule has 0 atom stereocenters. The van der Waals surface area contributed by atoms with Crippen molar-refractivity contribution in [2.75, 3.05) is 0 Å².